The van der Waals surface area contributed by atoms with E-state index in [1.807, 2.05) is 54.6 Å². The van der Waals surface area contributed by atoms with Gasteiger partial charge >= 0.3 is 31.8 Å². The van der Waals surface area contributed by atoms with Crippen LogP contribution in [0.2, 0.25) is 0 Å². The minimum absolute atomic E-state index is 0.0301. The number of anilines is 1. The number of carbonyl (C=O) groups excluding carboxylic acids is 4. The molecule has 3 heterocycles. The molecule has 0 saturated carbocycles. The molecule has 1 saturated heterocycles. The standard InChI is InChI=1S/C53H54N7O16P/c1-30(2)50(65)74-44-41(73-48(45(44)75-51(66)31(3)4)60-29-55-43-46(60)58-52(59-47(43)62)57-42(61)28-69-33-13-6-5-7-14-33)27-72-77(68,71-24-12-23-54)76-34-21-19-32(20-22-34)25-40(49(63)64)56-53(67)70-26-39-37-17-10-8-15-35(37)36-16-9-11-18-38(36)39/h5-11,13-22,29-31,39-41,44-45,48H,12,24-28H2,1-4H3,(H,56,67)(H,63,64)(H2,57,58,59,61,62)/t40-,41+,44+,45+,48+,77?/m0/s1. The van der Waals surface area contributed by atoms with Crippen molar-refractivity contribution in [3.8, 4) is 28.7 Å². The molecule has 2 amide bonds. The monoisotopic (exact) mass is 1080 g/mol. The average Bonchev–Trinajstić information content (AvgIpc) is 4.09. The number of imidazole rings is 1. The molecule has 6 atom stereocenters. The first-order valence-corrected chi connectivity index (χ1v) is 25.9. The molecular formula is C53H54N7O16P. The number of carbonyl (C=O) groups is 5. The van der Waals surface area contributed by atoms with Crippen molar-refractivity contribution in [2.45, 2.75) is 77.0 Å². The molecule has 2 aliphatic rings. The van der Waals surface area contributed by atoms with Crippen LogP contribution in [0.4, 0.5) is 10.7 Å². The number of hydrogen-bond donors (Lipinski definition) is 4. The zero-order chi connectivity index (χ0) is 54.8. The number of nitrogens with one attached hydrogen (secondary N) is 3. The Labute approximate surface area is 440 Å². The highest BCUT2D eigenvalue weighted by Crippen LogP contribution is 2.51. The number of para-hydroxylation sites is 1. The van der Waals surface area contributed by atoms with E-state index in [9.17, 15) is 43.7 Å². The van der Waals surface area contributed by atoms with Crippen LogP contribution >= 0.6 is 7.82 Å². The summed E-state index contributed by atoms with van der Waals surface area (Å²) in [6.07, 6.45) is -6.04. The number of aromatic amines is 1. The van der Waals surface area contributed by atoms with Crippen LogP contribution in [-0.2, 0) is 58.2 Å². The van der Waals surface area contributed by atoms with E-state index < -0.39 is 106 Å². The van der Waals surface area contributed by atoms with Crippen LogP contribution in [0.25, 0.3) is 22.3 Å². The van der Waals surface area contributed by atoms with Crippen molar-refractivity contribution in [1.29, 1.82) is 5.26 Å². The van der Waals surface area contributed by atoms with Gasteiger partial charge in [0, 0.05) is 12.3 Å². The minimum Gasteiger partial charge on any atom is -0.484 e. The highest BCUT2D eigenvalue weighted by Gasteiger charge is 2.52. The van der Waals surface area contributed by atoms with E-state index in [4.69, 9.17) is 37.3 Å². The third-order valence-corrected chi connectivity index (χ3v) is 13.6. The predicted octanol–water partition coefficient (Wildman–Crippen LogP) is 6.84. The Morgan fingerprint density at radius 2 is 1.47 bits per heavy atom. The molecule has 0 radical (unpaired) electrons. The Kier molecular flexibility index (Phi) is 17.4. The smallest absolute Gasteiger partial charge is 0.484 e. The van der Waals surface area contributed by atoms with E-state index in [0.717, 1.165) is 22.3 Å². The van der Waals surface area contributed by atoms with Crippen LogP contribution in [0.1, 0.15) is 63.0 Å². The summed E-state index contributed by atoms with van der Waals surface area (Å²) in [6.45, 7) is 4.65. The number of carboxylic acid groups (broad SMARTS) is 1. The lowest BCUT2D eigenvalue weighted by atomic mass is 9.98. The van der Waals surface area contributed by atoms with Crippen LogP contribution in [-0.4, -0.2) is 105 Å². The van der Waals surface area contributed by atoms with Gasteiger partial charge in [0.2, 0.25) is 5.95 Å². The van der Waals surface area contributed by atoms with E-state index in [1.54, 1.807) is 58.0 Å². The Morgan fingerprint density at radius 3 is 2.10 bits per heavy atom. The molecule has 0 bridgehead atoms. The maximum absolute atomic E-state index is 14.5. The van der Waals surface area contributed by atoms with Crippen LogP contribution < -0.4 is 25.5 Å². The second-order valence-electron chi connectivity index (χ2n) is 18.4. The number of H-pyrrole nitrogens is 1. The number of hydrogen-bond acceptors (Lipinski definition) is 18. The van der Waals surface area contributed by atoms with Gasteiger partial charge in [-0.1, -0.05) is 107 Å². The molecule has 1 fully saturated rings. The fraction of sp³-hybridized carbons (Fsp3) is 0.340. The number of alkyl carbamates (subject to hydrolysis) is 1. The number of esters is 2. The summed E-state index contributed by atoms with van der Waals surface area (Å²) in [6, 6.07) is 30.2. The lowest BCUT2D eigenvalue weighted by Gasteiger charge is -2.26. The van der Waals surface area contributed by atoms with Crippen molar-refractivity contribution in [2.75, 3.05) is 31.7 Å². The predicted molar refractivity (Wildman–Crippen MR) is 272 cm³/mol. The number of amides is 2. The van der Waals surface area contributed by atoms with Gasteiger partial charge in [0.1, 0.15) is 30.3 Å². The van der Waals surface area contributed by atoms with Crippen molar-refractivity contribution in [3.05, 3.63) is 136 Å². The van der Waals surface area contributed by atoms with Gasteiger partial charge in [-0.25, -0.2) is 19.1 Å². The summed E-state index contributed by atoms with van der Waals surface area (Å²) in [5.74, 6) is -5.10. The molecule has 23 nitrogen and oxygen atoms in total. The van der Waals surface area contributed by atoms with Crippen molar-refractivity contribution in [2.24, 2.45) is 11.8 Å². The number of phosphoric ester groups is 1. The molecule has 77 heavy (non-hydrogen) atoms. The molecular weight excluding hydrogens is 1020 g/mol. The summed E-state index contributed by atoms with van der Waals surface area (Å²) in [5, 5.41) is 24.3. The third-order valence-electron chi connectivity index (χ3n) is 12.2. The third kappa shape index (κ3) is 13.3. The molecule has 6 aromatic rings. The van der Waals surface area contributed by atoms with Gasteiger partial charge in [-0.05, 0) is 52.1 Å². The molecule has 4 N–H and O–H groups in total. The lowest BCUT2D eigenvalue weighted by molar-refractivity contribution is -0.172. The lowest BCUT2D eigenvalue weighted by Crippen LogP contribution is -2.42. The highest BCUT2D eigenvalue weighted by molar-refractivity contribution is 7.48. The van der Waals surface area contributed by atoms with Gasteiger partial charge in [0.25, 0.3) is 11.5 Å². The zero-order valence-electron chi connectivity index (χ0n) is 42.1. The number of ether oxygens (including phenoxy) is 5. The zero-order valence-corrected chi connectivity index (χ0v) is 43.0. The number of benzene rings is 4. The molecule has 0 spiro atoms. The fourth-order valence-electron chi connectivity index (χ4n) is 8.37. The van der Waals surface area contributed by atoms with Crippen LogP contribution in [0.15, 0.2) is 114 Å². The summed E-state index contributed by atoms with van der Waals surface area (Å²) in [7, 11) is -4.75. The van der Waals surface area contributed by atoms with E-state index in [1.165, 1.54) is 35.2 Å². The molecule has 8 rings (SSSR count). The van der Waals surface area contributed by atoms with Crippen molar-refractivity contribution in [1.82, 2.24) is 24.8 Å². The Morgan fingerprint density at radius 1 is 0.831 bits per heavy atom. The van der Waals surface area contributed by atoms with Gasteiger partial charge in [0.15, 0.2) is 36.2 Å². The van der Waals surface area contributed by atoms with E-state index in [2.05, 4.69) is 25.6 Å². The second-order valence-corrected chi connectivity index (χ2v) is 19.9. The van der Waals surface area contributed by atoms with Crippen molar-refractivity contribution < 1.29 is 70.9 Å². The quantitative estimate of drug-likeness (QED) is 0.0221. The summed E-state index contributed by atoms with van der Waals surface area (Å²) in [5.41, 5.74) is 3.33. The number of nitrogens with zero attached hydrogens (tertiary/aromatic N) is 4. The van der Waals surface area contributed by atoms with Crippen molar-refractivity contribution in [3.63, 3.8) is 0 Å². The maximum Gasteiger partial charge on any atom is 0.530 e. The number of nitriles is 1. The molecule has 1 unspecified atom stereocenters. The van der Waals surface area contributed by atoms with E-state index in [0.29, 0.717) is 11.3 Å². The molecule has 1 aliphatic carbocycles. The number of fused-ring (bicyclic) bond motifs is 4. The van der Waals surface area contributed by atoms with Gasteiger partial charge in [-0.15, -0.1) is 0 Å². The molecule has 24 heteroatoms. The average molecular weight is 1080 g/mol. The van der Waals surface area contributed by atoms with Gasteiger partial charge in [-0.2, -0.15) is 10.2 Å². The summed E-state index contributed by atoms with van der Waals surface area (Å²) < 4.78 is 62.2. The van der Waals surface area contributed by atoms with Gasteiger partial charge < -0.3 is 38.6 Å². The largest absolute Gasteiger partial charge is 0.530 e. The van der Waals surface area contributed by atoms with E-state index in [-0.39, 0.29) is 48.2 Å². The van der Waals surface area contributed by atoms with Crippen molar-refractivity contribution >= 4 is 54.8 Å². The van der Waals surface area contributed by atoms with E-state index >= 15 is 0 Å². The van der Waals surface area contributed by atoms with Crippen LogP contribution in [0.3, 0.4) is 0 Å². The minimum atomic E-state index is -4.75. The molecule has 4 aromatic carbocycles. The first-order valence-electron chi connectivity index (χ1n) is 24.4. The number of rotatable bonds is 23. The van der Waals surface area contributed by atoms with Crippen LogP contribution in [0, 0.1) is 23.2 Å². The number of phosphoric acid groups is 1. The SMILES string of the molecule is CC(C)C(=O)O[C@@H]1[C@H](OC(=O)C(C)C)[C@@H](COP(=O)(OCCC#N)Oc2ccc(C[C@H](NC(=O)OCC3c4ccccc4-c4ccccc43)C(=O)O)cc2)O[C@H]1n1cnc2c(=O)[nH]c(NC(=O)COc3ccccc3)nc21. The first kappa shape index (κ1) is 54.8. The second kappa shape index (κ2) is 24.5. The maximum atomic E-state index is 14.5. The normalized spacial score (nSPS) is 17.8. The highest BCUT2D eigenvalue weighted by atomic mass is 31.2. The topological polar surface area (TPSA) is 308 Å². The Bertz CT molecular complexity index is 3220. The summed E-state index contributed by atoms with van der Waals surface area (Å²) in [4.78, 5) is 89.4. The molecule has 2 aromatic heterocycles. The first-order chi connectivity index (χ1) is 37.0. The van der Waals surface area contributed by atoms with Gasteiger partial charge in [-0.3, -0.25) is 43.1 Å². The molecule has 402 valence electrons. The van der Waals surface area contributed by atoms with Gasteiger partial charge in [0.05, 0.1) is 43.9 Å². The Balaban J connectivity index is 0.978. The Hall–Kier alpha value is -8.42. The van der Waals surface area contributed by atoms with Crippen LogP contribution in [0.5, 0.6) is 11.5 Å². The number of aromatic nitrogens is 4. The summed E-state index contributed by atoms with van der Waals surface area (Å²) >= 11 is 0. The molecule has 1 aliphatic heterocycles. The number of aliphatic carboxylic acids is 1. The number of carboxylic acids is 1. The fourth-order valence-corrected chi connectivity index (χ4v) is 9.58.